The Morgan fingerprint density at radius 1 is 1.17 bits per heavy atom. The molecule has 1 N–H and O–H groups in total. The Morgan fingerprint density at radius 2 is 1.90 bits per heavy atom. The Balaban J connectivity index is 1.57. The molecule has 4 rings (SSSR count). The molecule has 4 amide bonds. The fourth-order valence-corrected chi connectivity index (χ4v) is 4.68. The summed E-state index contributed by atoms with van der Waals surface area (Å²) in [7, 11) is 0. The van der Waals surface area contributed by atoms with E-state index < -0.39 is 5.54 Å². The molecule has 2 fully saturated rings. The number of likely N-dealkylation sites (N-methyl/N-ethyl adjacent to an activating group) is 1. The number of fused-ring (bicyclic) bond motifs is 1. The summed E-state index contributed by atoms with van der Waals surface area (Å²) in [5.41, 5.74) is 0.791. The average Bonchev–Trinajstić information content (AvgIpc) is 3.26. The predicted molar refractivity (Wildman–Crippen MR) is 110 cm³/mol. The lowest BCUT2D eigenvalue weighted by molar-refractivity contribution is -0.135. The summed E-state index contributed by atoms with van der Waals surface area (Å²) in [6.07, 6.45) is 2.80. The number of carbonyl (C=O) groups excluding carboxylic acids is 3. The molecule has 3 heterocycles. The van der Waals surface area contributed by atoms with Gasteiger partial charge in [0.15, 0.2) is 0 Å². The van der Waals surface area contributed by atoms with E-state index in [9.17, 15) is 14.4 Å². The second-order valence-electron chi connectivity index (χ2n) is 8.40. The van der Waals surface area contributed by atoms with Gasteiger partial charge in [0, 0.05) is 48.8 Å². The number of amides is 4. The van der Waals surface area contributed by atoms with Gasteiger partial charge in [-0.25, -0.2) is 4.79 Å². The van der Waals surface area contributed by atoms with Crippen LogP contribution < -0.4 is 0 Å². The number of aromatic nitrogens is 1. The van der Waals surface area contributed by atoms with Gasteiger partial charge in [-0.3, -0.25) is 14.5 Å². The van der Waals surface area contributed by atoms with Crippen molar-refractivity contribution in [2.75, 3.05) is 26.2 Å². The Morgan fingerprint density at radius 3 is 2.55 bits per heavy atom. The molecule has 0 atom stereocenters. The number of imide groups is 1. The van der Waals surface area contributed by atoms with E-state index in [-0.39, 0.29) is 23.8 Å². The minimum absolute atomic E-state index is 0.0235. The van der Waals surface area contributed by atoms with Crippen LogP contribution >= 0.6 is 0 Å². The van der Waals surface area contributed by atoms with Crippen molar-refractivity contribution >= 4 is 28.7 Å². The first-order valence-electron chi connectivity index (χ1n) is 10.4. The van der Waals surface area contributed by atoms with E-state index in [0.717, 1.165) is 10.9 Å². The van der Waals surface area contributed by atoms with Gasteiger partial charge in [-0.05, 0) is 43.9 Å². The fraction of sp³-hybridized carbons (Fsp3) is 0.500. The van der Waals surface area contributed by atoms with Gasteiger partial charge >= 0.3 is 6.03 Å². The lowest BCUT2D eigenvalue weighted by atomic mass is 9.85. The average molecular weight is 396 g/mol. The smallest absolute Gasteiger partial charge is 0.327 e. The highest BCUT2D eigenvalue weighted by atomic mass is 16.2. The molecular weight excluding hydrogens is 368 g/mol. The van der Waals surface area contributed by atoms with Gasteiger partial charge in [0.25, 0.3) is 11.8 Å². The number of hydrogen-bond donors (Lipinski definition) is 1. The molecule has 1 aromatic heterocycles. The molecule has 29 heavy (non-hydrogen) atoms. The SMILES string of the molecule is CCN1C(=O)N(CC(C)C)C2(CCN(C(=O)c3cccc4[nH]ccc34)CC2)C1=O. The van der Waals surface area contributed by atoms with Crippen LogP contribution in [0.25, 0.3) is 10.9 Å². The van der Waals surface area contributed by atoms with Crippen LogP contribution in [-0.4, -0.2) is 69.2 Å². The number of urea groups is 1. The number of H-pyrrole nitrogens is 1. The number of carbonyl (C=O) groups is 3. The van der Waals surface area contributed by atoms with Gasteiger partial charge < -0.3 is 14.8 Å². The highest BCUT2D eigenvalue weighted by Crippen LogP contribution is 2.38. The molecule has 1 spiro atoms. The maximum atomic E-state index is 13.2. The summed E-state index contributed by atoms with van der Waals surface area (Å²) < 4.78 is 0. The Bertz CT molecular complexity index is 956. The summed E-state index contributed by atoms with van der Waals surface area (Å²) >= 11 is 0. The third kappa shape index (κ3) is 2.99. The fourth-order valence-electron chi connectivity index (χ4n) is 4.68. The van der Waals surface area contributed by atoms with E-state index in [1.54, 1.807) is 4.90 Å². The maximum absolute atomic E-state index is 13.2. The molecule has 0 radical (unpaired) electrons. The first-order chi connectivity index (χ1) is 13.9. The molecule has 0 bridgehead atoms. The minimum atomic E-state index is -0.811. The third-order valence-electron chi connectivity index (χ3n) is 6.19. The van der Waals surface area contributed by atoms with Gasteiger partial charge in [-0.1, -0.05) is 19.9 Å². The van der Waals surface area contributed by atoms with E-state index in [1.807, 2.05) is 42.3 Å². The highest BCUT2D eigenvalue weighted by Gasteiger charge is 2.57. The molecule has 0 saturated carbocycles. The normalized spacial score (nSPS) is 19.2. The van der Waals surface area contributed by atoms with Crippen LogP contribution in [0.5, 0.6) is 0 Å². The zero-order chi connectivity index (χ0) is 20.8. The number of likely N-dealkylation sites (tertiary alicyclic amines) is 1. The van der Waals surface area contributed by atoms with Crippen LogP contribution in [0.2, 0.25) is 0 Å². The van der Waals surface area contributed by atoms with Crippen molar-refractivity contribution < 1.29 is 14.4 Å². The van der Waals surface area contributed by atoms with Gasteiger partial charge in [-0.15, -0.1) is 0 Å². The van der Waals surface area contributed by atoms with Crippen molar-refractivity contribution in [2.24, 2.45) is 5.92 Å². The van der Waals surface area contributed by atoms with Crippen molar-refractivity contribution in [1.29, 1.82) is 0 Å². The molecule has 2 aliphatic rings. The van der Waals surface area contributed by atoms with Gasteiger partial charge in [0.1, 0.15) is 5.54 Å². The van der Waals surface area contributed by atoms with Crippen molar-refractivity contribution in [3.63, 3.8) is 0 Å². The molecule has 0 unspecified atom stereocenters. The summed E-state index contributed by atoms with van der Waals surface area (Å²) in [6.45, 7) is 7.80. The second kappa shape index (κ2) is 7.21. The van der Waals surface area contributed by atoms with E-state index in [1.165, 1.54) is 4.90 Å². The molecule has 7 nitrogen and oxygen atoms in total. The van der Waals surface area contributed by atoms with Crippen LogP contribution in [0.15, 0.2) is 30.5 Å². The number of hydrogen-bond acceptors (Lipinski definition) is 3. The molecule has 0 aliphatic carbocycles. The van der Waals surface area contributed by atoms with Crippen molar-refractivity contribution in [3.8, 4) is 0 Å². The van der Waals surface area contributed by atoms with E-state index in [2.05, 4.69) is 18.8 Å². The molecule has 2 saturated heterocycles. The summed E-state index contributed by atoms with van der Waals surface area (Å²) in [4.78, 5) is 47.3. The standard InChI is InChI=1S/C22H28N4O3/c1-4-25-20(28)22(26(21(25)29)14-15(2)3)9-12-24(13-10-22)19(27)17-6-5-7-18-16(17)8-11-23-18/h5-8,11,15,23H,4,9-10,12-14H2,1-3H3. The lowest BCUT2D eigenvalue weighted by Crippen LogP contribution is -2.58. The Hall–Kier alpha value is -2.83. The summed E-state index contributed by atoms with van der Waals surface area (Å²) in [6, 6.07) is 7.39. The first-order valence-corrected chi connectivity index (χ1v) is 10.4. The molecule has 7 heteroatoms. The zero-order valence-electron chi connectivity index (χ0n) is 17.3. The van der Waals surface area contributed by atoms with Crippen LogP contribution in [0, 0.1) is 5.92 Å². The van der Waals surface area contributed by atoms with E-state index >= 15 is 0 Å². The second-order valence-corrected chi connectivity index (χ2v) is 8.40. The van der Waals surface area contributed by atoms with E-state index in [0.29, 0.717) is 44.6 Å². The molecule has 2 aliphatic heterocycles. The largest absolute Gasteiger partial charge is 0.361 e. The van der Waals surface area contributed by atoms with Gasteiger partial charge in [-0.2, -0.15) is 0 Å². The van der Waals surface area contributed by atoms with Gasteiger partial charge in [0.2, 0.25) is 0 Å². The number of piperidine rings is 1. The number of aromatic amines is 1. The quantitative estimate of drug-likeness (QED) is 0.807. The van der Waals surface area contributed by atoms with Crippen LogP contribution in [0.3, 0.4) is 0 Å². The first kappa shape index (κ1) is 19.5. The lowest BCUT2D eigenvalue weighted by Gasteiger charge is -2.42. The topological polar surface area (TPSA) is 76.7 Å². The summed E-state index contributed by atoms with van der Waals surface area (Å²) in [5, 5.41) is 0.906. The number of rotatable bonds is 4. The highest BCUT2D eigenvalue weighted by molar-refractivity contribution is 6.08. The number of nitrogens with zero attached hydrogens (tertiary/aromatic N) is 3. The van der Waals surface area contributed by atoms with Crippen LogP contribution in [-0.2, 0) is 4.79 Å². The Kier molecular flexibility index (Phi) is 4.84. The minimum Gasteiger partial charge on any atom is -0.361 e. The molecule has 1 aromatic carbocycles. The van der Waals surface area contributed by atoms with E-state index in [4.69, 9.17) is 0 Å². The van der Waals surface area contributed by atoms with Crippen molar-refractivity contribution in [3.05, 3.63) is 36.0 Å². The third-order valence-corrected chi connectivity index (χ3v) is 6.19. The zero-order valence-corrected chi connectivity index (χ0v) is 17.3. The van der Waals surface area contributed by atoms with Crippen LogP contribution in [0.4, 0.5) is 4.79 Å². The van der Waals surface area contributed by atoms with Gasteiger partial charge in [0.05, 0.1) is 0 Å². The predicted octanol–water partition coefficient (Wildman–Crippen LogP) is 3.08. The summed E-state index contributed by atoms with van der Waals surface area (Å²) in [5.74, 6) is 0.140. The molecular formula is C22H28N4O3. The monoisotopic (exact) mass is 396 g/mol. The number of nitrogens with one attached hydrogen (secondary N) is 1. The Labute approximate surface area is 170 Å². The number of benzene rings is 1. The van der Waals surface area contributed by atoms with Crippen LogP contribution in [0.1, 0.15) is 44.0 Å². The van der Waals surface area contributed by atoms with Crippen molar-refractivity contribution in [1.82, 2.24) is 19.7 Å². The molecule has 154 valence electrons. The van der Waals surface area contributed by atoms with Crippen molar-refractivity contribution in [2.45, 2.75) is 39.2 Å². The maximum Gasteiger partial charge on any atom is 0.327 e. The molecule has 2 aromatic rings.